The zero-order chi connectivity index (χ0) is 13.1. The zero-order valence-corrected chi connectivity index (χ0v) is 9.80. The molecule has 0 aliphatic heterocycles. The fraction of sp³-hybridized carbons (Fsp3) is 0.167. The summed E-state index contributed by atoms with van der Waals surface area (Å²) in [5.41, 5.74) is 5.99. The van der Waals surface area contributed by atoms with Gasteiger partial charge in [-0.05, 0) is 31.2 Å². The predicted molar refractivity (Wildman–Crippen MR) is 66.4 cm³/mol. The van der Waals surface area contributed by atoms with Gasteiger partial charge in [0.2, 0.25) is 5.91 Å². The van der Waals surface area contributed by atoms with Gasteiger partial charge in [-0.25, -0.2) is 4.39 Å². The molecule has 1 unspecified atom stereocenters. The lowest BCUT2D eigenvalue weighted by Crippen LogP contribution is -2.24. The quantitative estimate of drug-likeness (QED) is 0.813. The Kier molecular flexibility index (Phi) is 3.27. The lowest BCUT2D eigenvalue weighted by Gasteiger charge is -2.13. The van der Waals surface area contributed by atoms with Crippen LogP contribution in [0.5, 0.6) is 0 Å². The maximum Gasteiger partial charge on any atom is 0.249 e. The first kappa shape index (κ1) is 12.1. The van der Waals surface area contributed by atoms with Crippen LogP contribution in [-0.2, 0) is 4.79 Å². The number of carbonyl (C=O) groups excluding carboxylic acids is 1. The highest BCUT2D eigenvalue weighted by Gasteiger charge is 2.16. The van der Waals surface area contributed by atoms with Crippen molar-refractivity contribution in [3.8, 4) is 0 Å². The molecule has 5 nitrogen and oxygen atoms in total. The number of carbonyl (C=O) groups is 1. The van der Waals surface area contributed by atoms with Crippen LogP contribution in [0.3, 0.4) is 0 Å². The van der Waals surface area contributed by atoms with Crippen LogP contribution in [0.2, 0.25) is 0 Å². The fourth-order valence-corrected chi connectivity index (χ4v) is 1.51. The summed E-state index contributed by atoms with van der Waals surface area (Å²) < 4.78 is 14.9. The van der Waals surface area contributed by atoms with Gasteiger partial charge in [0.1, 0.15) is 11.9 Å². The van der Waals surface area contributed by atoms with E-state index in [2.05, 4.69) is 10.4 Å². The summed E-state index contributed by atoms with van der Waals surface area (Å²) in [6.45, 7) is 1.67. The standard InChI is InChI=1S/C12H13FN4O/c1-8(17-6-2-5-15-17)12(18)16-11-7-9(14)3-4-10(11)13/h2-8H,14H2,1H3,(H,16,18). The molecule has 1 atom stereocenters. The number of hydrogen-bond donors (Lipinski definition) is 2. The lowest BCUT2D eigenvalue weighted by atomic mass is 10.2. The molecular weight excluding hydrogens is 235 g/mol. The molecule has 1 heterocycles. The predicted octanol–water partition coefficient (Wildman–Crippen LogP) is 1.80. The Balaban J connectivity index is 2.14. The van der Waals surface area contributed by atoms with Crippen molar-refractivity contribution in [3.63, 3.8) is 0 Å². The Hall–Kier alpha value is -2.37. The molecule has 2 aromatic rings. The van der Waals surface area contributed by atoms with Crippen LogP contribution in [-0.4, -0.2) is 15.7 Å². The smallest absolute Gasteiger partial charge is 0.249 e. The molecular formula is C12H13FN4O. The largest absolute Gasteiger partial charge is 0.399 e. The summed E-state index contributed by atoms with van der Waals surface area (Å²) in [6, 6.07) is 5.21. The van der Waals surface area contributed by atoms with Gasteiger partial charge in [0.15, 0.2) is 0 Å². The highest BCUT2D eigenvalue weighted by atomic mass is 19.1. The Morgan fingerprint density at radius 1 is 1.56 bits per heavy atom. The van der Waals surface area contributed by atoms with Gasteiger partial charge >= 0.3 is 0 Å². The van der Waals surface area contributed by atoms with E-state index in [1.165, 1.54) is 22.9 Å². The van der Waals surface area contributed by atoms with Crippen molar-refractivity contribution in [1.29, 1.82) is 0 Å². The number of hydrogen-bond acceptors (Lipinski definition) is 3. The molecule has 2 rings (SSSR count). The average molecular weight is 248 g/mol. The molecule has 3 N–H and O–H groups in total. The minimum absolute atomic E-state index is 0.0685. The van der Waals surface area contributed by atoms with E-state index in [-0.39, 0.29) is 11.6 Å². The monoisotopic (exact) mass is 248 g/mol. The van der Waals surface area contributed by atoms with Crippen LogP contribution >= 0.6 is 0 Å². The number of amides is 1. The molecule has 0 spiro atoms. The van der Waals surface area contributed by atoms with Crippen LogP contribution in [0, 0.1) is 5.82 Å². The van der Waals surface area contributed by atoms with Crippen LogP contribution in [0.1, 0.15) is 13.0 Å². The molecule has 18 heavy (non-hydrogen) atoms. The Morgan fingerprint density at radius 2 is 2.33 bits per heavy atom. The summed E-state index contributed by atoms with van der Waals surface area (Å²) in [6.07, 6.45) is 3.24. The van der Waals surface area contributed by atoms with Gasteiger partial charge in [0, 0.05) is 18.1 Å². The van der Waals surface area contributed by atoms with Gasteiger partial charge in [-0.1, -0.05) is 0 Å². The summed E-state index contributed by atoms with van der Waals surface area (Å²) in [7, 11) is 0. The van der Waals surface area contributed by atoms with E-state index in [0.717, 1.165) is 0 Å². The van der Waals surface area contributed by atoms with Crippen molar-refractivity contribution in [3.05, 3.63) is 42.5 Å². The Labute approximate surface area is 103 Å². The van der Waals surface area contributed by atoms with Gasteiger partial charge < -0.3 is 11.1 Å². The normalized spacial score (nSPS) is 12.1. The van der Waals surface area contributed by atoms with Crippen LogP contribution < -0.4 is 11.1 Å². The SMILES string of the molecule is CC(C(=O)Nc1cc(N)ccc1F)n1cccn1. The van der Waals surface area contributed by atoms with E-state index in [1.54, 1.807) is 25.4 Å². The number of nitrogens with one attached hydrogen (secondary N) is 1. The fourth-order valence-electron chi connectivity index (χ4n) is 1.51. The van der Waals surface area contributed by atoms with E-state index >= 15 is 0 Å². The van der Waals surface area contributed by atoms with Crippen LogP contribution in [0.4, 0.5) is 15.8 Å². The molecule has 0 aliphatic carbocycles. The van der Waals surface area contributed by atoms with Gasteiger partial charge in [0.05, 0.1) is 5.69 Å². The molecule has 0 saturated heterocycles. The van der Waals surface area contributed by atoms with Gasteiger partial charge in [-0.2, -0.15) is 5.10 Å². The maximum atomic E-state index is 13.4. The number of aromatic nitrogens is 2. The highest BCUT2D eigenvalue weighted by Crippen LogP contribution is 2.18. The highest BCUT2D eigenvalue weighted by molar-refractivity contribution is 5.93. The van der Waals surface area contributed by atoms with Crippen LogP contribution in [0.25, 0.3) is 0 Å². The molecule has 6 heteroatoms. The second-order valence-corrected chi connectivity index (χ2v) is 3.89. The molecule has 0 fully saturated rings. The number of nitrogens with zero attached hydrogens (tertiary/aromatic N) is 2. The molecule has 0 saturated carbocycles. The lowest BCUT2D eigenvalue weighted by molar-refractivity contribution is -0.119. The van der Waals surface area contributed by atoms with Crippen molar-refractivity contribution in [1.82, 2.24) is 9.78 Å². The Bertz CT molecular complexity index is 553. The van der Waals surface area contributed by atoms with Crippen molar-refractivity contribution in [2.45, 2.75) is 13.0 Å². The van der Waals surface area contributed by atoms with Gasteiger partial charge in [0.25, 0.3) is 0 Å². The number of benzene rings is 1. The minimum Gasteiger partial charge on any atom is -0.399 e. The molecule has 1 aromatic heterocycles. The van der Waals surface area contributed by atoms with E-state index in [1.807, 2.05) is 0 Å². The number of rotatable bonds is 3. The van der Waals surface area contributed by atoms with E-state index < -0.39 is 11.9 Å². The first-order chi connectivity index (χ1) is 8.58. The first-order valence-electron chi connectivity index (χ1n) is 5.43. The molecule has 1 aromatic carbocycles. The van der Waals surface area contributed by atoms with E-state index in [0.29, 0.717) is 5.69 Å². The first-order valence-corrected chi connectivity index (χ1v) is 5.43. The third-order valence-corrected chi connectivity index (χ3v) is 2.55. The number of nitrogen functional groups attached to an aromatic ring is 1. The van der Waals surface area contributed by atoms with Gasteiger partial charge in [-0.15, -0.1) is 0 Å². The summed E-state index contributed by atoms with van der Waals surface area (Å²) >= 11 is 0. The second-order valence-electron chi connectivity index (χ2n) is 3.89. The molecule has 0 radical (unpaired) electrons. The number of anilines is 2. The molecule has 0 bridgehead atoms. The molecule has 1 amide bonds. The Morgan fingerprint density at radius 3 is 3.00 bits per heavy atom. The van der Waals surface area contributed by atoms with Crippen molar-refractivity contribution in [2.24, 2.45) is 0 Å². The van der Waals surface area contributed by atoms with E-state index in [9.17, 15) is 9.18 Å². The zero-order valence-electron chi connectivity index (χ0n) is 9.80. The molecule has 0 aliphatic rings. The summed E-state index contributed by atoms with van der Waals surface area (Å²) in [5.74, 6) is -0.881. The molecule has 94 valence electrons. The second kappa shape index (κ2) is 4.87. The van der Waals surface area contributed by atoms with Crippen LogP contribution in [0.15, 0.2) is 36.7 Å². The third-order valence-electron chi connectivity index (χ3n) is 2.55. The third kappa shape index (κ3) is 2.48. The maximum absolute atomic E-state index is 13.4. The average Bonchev–Trinajstić information content (AvgIpc) is 2.86. The van der Waals surface area contributed by atoms with Crippen molar-refractivity contribution < 1.29 is 9.18 Å². The van der Waals surface area contributed by atoms with Gasteiger partial charge in [-0.3, -0.25) is 9.48 Å². The van der Waals surface area contributed by atoms with Crippen molar-refractivity contribution in [2.75, 3.05) is 11.1 Å². The topological polar surface area (TPSA) is 72.9 Å². The van der Waals surface area contributed by atoms with E-state index in [4.69, 9.17) is 5.73 Å². The van der Waals surface area contributed by atoms with Crippen molar-refractivity contribution >= 4 is 17.3 Å². The summed E-state index contributed by atoms with van der Waals surface area (Å²) in [5, 5.41) is 6.44. The number of nitrogens with two attached hydrogens (primary N) is 1. The minimum atomic E-state index is -0.527. The number of halogens is 1. The summed E-state index contributed by atoms with van der Waals surface area (Å²) in [4.78, 5) is 11.9.